The highest BCUT2D eigenvalue weighted by Gasteiger charge is 2.13. The van der Waals surface area contributed by atoms with Gasteiger partial charge in [0.05, 0.1) is 0 Å². The van der Waals surface area contributed by atoms with Crippen LogP contribution in [0.3, 0.4) is 0 Å². The molecule has 2 N–H and O–H groups in total. The number of hydrogen-bond acceptors (Lipinski definition) is 2. The Morgan fingerprint density at radius 1 is 1.50 bits per heavy atom. The number of benzene rings is 1. The van der Waals surface area contributed by atoms with Crippen molar-refractivity contribution in [3.63, 3.8) is 0 Å². The van der Waals surface area contributed by atoms with E-state index < -0.39 is 0 Å². The van der Waals surface area contributed by atoms with Gasteiger partial charge in [-0.3, -0.25) is 0 Å². The van der Waals surface area contributed by atoms with Crippen LogP contribution >= 0.6 is 11.6 Å². The molecule has 1 fully saturated rings. The molecule has 1 atom stereocenters. The van der Waals surface area contributed by atoms with Crippen molar-refractivity contribution in [2.75, 3.05) is 19.6 Å². The van der Waals surface area contributed by atoms with Gasteiger partial charge in [0.25, 0.3) is 0 Å². The second kappa shape index (κ2) is 6.50. The highest BCUT2D eigenvalue weighted by Crippen LogP contribution is 2.20. The molecule has 4 heteroatoms. The molecule has 1 aromatic carbocycles. The van der Waals surface area contributed by atoms with Crippen LogP contribution in [0.5, 0.6) is 0 Å². The maximum absolute atomic E-state index is 13.4. The van der Waals surface area contributed by atoms with Gasteiger partial charge in [0.15, 0.2) is 0 Å². The van der Waals surface area contributed by atoms with Crippen LogP contribution in [0, 0.1) is 18.7 Å². The Hall–Kier alpha value is -0.640. The first-order valence-corrected chi connectivity index (χ1v) is 6.90. The summed E-state index contributed by atoms with van der Waals surface area (Å²) in [5, 5.41) is 7.33. The van der Waals surface area contributed by atoms with Crippen LogP contribution in [-0.2, 0) is 6.54 Å². The monoisotopic (exact) mass is 270 g/mol. The second-order valence-corrected chi connectivity index (χ2v) is 5.42. The molecule has 2 nitrogen and oxygen atoms in total. The summed E-state index contributed by atoms with van der Waals surface area (Å²) < 4.78 is 13.4. The average molecular weight is 271 g/mol. The van der Waals surface area contributed by atoms with Gasteiger partial charge in [-0.15, -0.1) is 0 Å². The topological polar surface area (TPSA) is 24.1 Å². The normalized spacial score (nSPS) is 19.4. The largest absolute Gasteiger partial charge is 0.316 e. The number of nitrogens with one attached hydrogen (secondary N) is 2. The minimum atomic E-state index is -0.184. The third kappa shape index (κ3) is 3.67. The lowest BCUT2D eigenvalue weighted by Gasteiger charge is -2.11. The maximum Gasteiger partial charge on any atom is 0.126 e. The standard InChI is InChI=1S/C14H20ClFN2/c1-10-6-13(15)12(7-14(10)16)9-18-5-3-11-2-4-17-8-11/h6-7,11,17-18H,2-5,8-9H2,1H3. The van der Waals surface area contributed by atoms with Gasteiger partial charge in [-0.05, 0) is 68.6 Å². The molecule has 1 saturated heterocycles. The maximum atomic E-state index is 13.4. The summed E-state index contributed by atoms with van der Waals surface area (Å²) in [4.78, 5) is 0. The third-order valence-corrected chi connectivity index (χ3v) is 3.89. The van der Waals surface area contributed by atoms with Crippen molar-refractivity contribution in [3.8, 4) is 0 Å². The molecule has 0 aliphatic carbocycles. The fraction of sp³-hybridized carbons (Fsp3) is 0.571. The van der Waals surface area contributed by atoms with Crippen molar-refractivity contribution >= 4 is 11.6 Å². The Bertz CT molecular complexity index is 403. The minimum absolute atomic E-state index is 0.184. The van der Waals surface area contributed by atoms with E-state index >= 15 is 0 Å². The van der Waals surface area contributed by atoms with Gasteiger partial charge in [0.1, 0.15) is 5.82 Å². The van der Waals surface area contributed by atoms with Gasteiger partial charge >= 0.3 is 0 Å². The van der Waals surface area contributed by atoms with Gasteiger partial charge in [0.2, 0.25) is 0 Å². The third-order valence-electron chi connectivity index (χ3n) is 3.53. The van der Waals surface area contributed by atoms with Crippen LogP contribution in [-0.4, -0.2) is 19.6 Å². The van der Waals surface area contributed by atoms with E-state index in [1.807, 2.05) is 0 Å². The summed E-state index contributed by atoms with van der Waals surface area (Å²) in [6.45, 7) is 5.58. The predicted molar refractivity (Wildman–Crippen MR) is 73.4 cm³/mol. The van der Waals surface area contributed by atoms with Crippen LogP contribution < -0.4 is 10.6 Å². The molecule has 0 bridgehead atoms. The van der Waals surface area contributed by atoms with Crippen molar-refractivity contribution in [2.24, 2.45) is 5.92 Å². The molecule has 0 spiro atoms. The molecule has 0 aromatic heterocycles. The summed E-state index contributed by atoms with van der Waals surface area (Å²) in [5.41, 5.74) is 1.44. The number of halogens is 2. The van der Waals surface area contributed by atoms with Crippen LogP contribution in [0.1, 0.15) is 24.0 Å². The number of rotatable bonds is 5. The molecule has 0 amide bonds. The molecule has 1 aliphatic heterocycles. The smallest absolute Gasteiger partial charge is 0.126 e. The molecule has 1 aromatic rings. The molecule has 1 aliphatic rings. The quantitative estimate of drug-likeness (QED) is 0.804. The first kappa shape index (κ1) is 13.8. The lowest BCUT2D eigenvalue weighted by Crippen LogP contribution is -2.19. The van der Waals surface area contributed by atoms with E-state index in [-0.39, 0.29) is 5.82 Å². The van der Waals surface area contributed by atoms with E-state index in [0.29, 0.717) is 17.1 Å². The Morgan fingerprint density at radius 3 is 3.06 bits per heavy atom. The van der Waals surface area contributed by atoms with Crippen molar-refractivity contribution in [1.82, 2.24) is 10.6 Å². The Balaban J connectivity index is 1.77. The lowest BCUT2D eigenvalue weighted by molar-refractivity contribution is 0.499. The zero-order valence-corrected chi connectivity index (χ0v) is 11.5. The van der Waals surface area contributed by atoms with Crippen LogP contribution in [0.4, 0.5) is 4.39 Å². The fourth-order valence-electron chi connectivity index (χ4n) is 2.31. The molecule has 100 valence electrons. The van der Waals surface area contributed by atoms with Gasteiger partial charge in [-0.1, -0.05) is 11.6 Å². The molecular weight excluding hydrogens is 251 g/mol. The van der Waals surface area contributed by atoms with Crippen LogP contribution in [0.2, 0.25) is 5.02 Å². The van der Waals surface area contributed by atoms with E-state index in [1.54, 1.807) is 13.0 Å². The molecule has 1 unspecified atom stereocenters. The van der Waals surface area contributed by atoms with E-state index in [9.17, 15) is 4.39 Å². The summed E-state index contributed by atoms with van der Waals surface area (Å²) >= 11 is 6.09. The first-order chi connectivity index (χ1) is 8.66. The lowest BCUT2D eigenvalue weighted by atomic mass is 10.1. The average Bonchev–Trinajstić information content (AvgIpc) is 2.84. The van der Waals surface area contributed by atoms with Crippen LogP contribution in [0.25, 0.3) is 0 Å². The summed E-state index contributed by atoms with van der Waals surface area (Å²) in [6.07, 6.45) is 2.43. The highest BCUT2D eigenvalue weighted by atomic mass is 35.5. The first-order valence-electron chi connectivity index (χ1n) is 6.53. The van der Waals surface area contributed by atoms with Gasteiger partial charge < -0.3 is 10.6 Å². The van der Waals surface area contributed by atoms with E-state index in [4.69, 9.17) is 11.6 Å². The summed E-state index contributed by atoms with van der Waals surface area (Å²) in [7, 11) is 0. The number of aryl methyl sites for hydroxylation is 1. The van der Waals surface area contributed by atoms with Crippen molar-refractivity contribution in [3.05, 3.63) is 34.1 Å². The Morgan fingerprint density at radius 2 is 2.33 bits per heavy atom. The zero-order chi connectivity index (χ0) is 13.0. The molecule has 18 heavy (non-hydrogen) atoms. The van der Waals surface area contributed by atoms with Crippen molar-refractivity contribution < 1.29 is 4.39 Å². The number of hydrogen-bond donors (Lipinski definition) is 2. The molecule has 1 heterocycles. The zero-order valence-electron chi connectivity index (χ0n) is 10.7. The fourth-order valence-corrected chi connectivity index (χ4v) is 2.60. The SMILES string of the molecule is Cc1cc(Cl)c(CNCCC2CCNC2)cc1F. The second-order valence-electron chi connectivity index (χ2n) is 5.02. The van der Waals surface area contributed by atoms with E-state index in [0.717, 1.165) is 31.1 Å². The van der Waals surface area contributed by atoms with E-state index in [2.05, 4.69) is 10.6 Å². The predicted octanol–water partition coefficient (Wildman–Crippen LogP) is 2.88. The Kier molecular flexibility index (Phi) is 4.98. The Labute approximate surface area is 113 Å². The van der Waals surface area contributed by atoms with Crippen LogP contribution in [0.15, 0.2) is 12.1 Å². The van der Waals surface area contributed by atoms with Crippen molar-refractivity contribution in [1.29, 1.82) is 0 Å². The highest BCUT2D eigenvalue weighted by molar-refractivity contribution is 6.31. The minimum Gasteiger partial charge on any atom is -0.316 e. The molecule has 0 saturated carbocycles. The molecule has 0 radical (unpaired) electrons. The van der Waals surface area contributed by atoms with Gasteiger partial charge in [0, 0.05) is 11.6 Å². The molecular formula is C14H20ClFN2. The molecule has 2 rings (SSSR count). The summed E-state index contributed by atoms with van der Waals surface area (Å²) in [6, 6.07) is 3.22. The van der Waals surface area contributed by atoms with E-state index in [1.165, 1.54) is 18.9 Å². The summed E-state index contributed by atoms with van der Waals surface area (Å²) in [5.74, 6) is 0.596. The van der Waals surface area contributed by atoms with Gasteiger partial charge in [-0.25, -0.2) is 4.39 Å². The van der Waals surface area contributed by atoms with Crippen molar-refractivity contribution in [2.45, 2.75) is 26.3 Å². The van der Waals surface area contributed by atoms with Gasteiger partial charge in [-0.2, -0.15) is 0 Å².